The molecule has 7 nitrogen and oxygen atoms in total. The number of nitrogens with two attached hydrogens (primary N) is 1. The number of amides is 1. The van der Waals surface area contributed by atoms with Crippen LogP contribution in [0.5, 0.6) is 0 Å². The summed E-state index contributed by atoms with van der Waals surface area (Å²) in [5.74, 6) is -0.662. The highest BCUT2D eigenvalue weighted by Crippen LogP contribution is 2.48. The van der Waals surface area contributed by atoms with E-state index in [2.05, 4.69) is 9.97 Å². The quantitative estimate of drug-likeness (QED) is 0.391. The summed E-state index contributed by atoms with van der Waals surface area (Å²) in [6.07, 6.45) is 3.65. The lowest BCUT2D eigenvalue weighted by atomic mass is 10.0. The number of carbonyl (C=O) groups is 2. The molecule has 2 fully saturated rings. The summed E-state index contributed by atoms with van der Waals surface area (Å²) in [5.41, 5.74) is 8.39. The number of benzene rings is 2. The molecule has 3 heterocycles. The van der Waals surface area contributed by atoms with Crippen LogP contribution < -0.4 is 5.73 Å². The van der Waals surface area contributed by atoms with Gasteiger partial charge in [-0.2, -0.15) is 0 Å². The lowest BCUT2D eigenvalue weighted by Gasteiger charge is -2.26. The largest absolute Gasteiger partial charge is 0.478 e. The van der Waals surface area contributed by atoms with E-state index in [-0.39, 0.29) is 23.3 Å². The molecule has 0 bridgehead atoms. The zero-order chi connectivity index (χ0) is 26.3. The number of carboxylic acids is 1. The van der Waals surface area contributed by atoms with Gasteiger partial charge in [0.2, 0.25) is 0 Å². The van der Waals surface area contributed by atoms with Gasteiger partial charge in [-0.1, -0.05) is 30.3 Å². The fourth-order valence-electron chi connectivity index (χ4n) is 5.09. The minimum atomic E-state index is -0.940. The minimum Gasteiger partial charge on any atom is -0.478 e. The molecule has 2 aliphatic rings. The normalized spacial score (nSPS) is 19.8. The highest BCUT2D eigenvalue weighted by Gasteiger charge is 2.54. The van der Waals surface area contributed by atoms with Gasteiger partial charge in [-0.3, -0.25) is 9.78 Å². The summed E-state index contributed by atoms with van der Waals surface area (Å²) >= 11 is 1.44. The number of fused-ring (bicyclic) bond motifs is 2. The number of aromatic nitrogens is 2. The molecule has 0 spiro atoms. The second-order valence-corrected chi connectivity index (χ2v) is 10.6. The molecule has 2 aromatic heterocycles. The summed E-state index contributed by atoms with van der Waals surface area (Å²) < 4.78 is 14.0. The van der Waals surface area contributed by atoms with E-state index in [0.717, 1.165) is 33.7 Å². The third-order valence-corrected chi connectivity index (χ3v) is 8.03. The number of pyridine rings is 1. The predicted octanol–water partition coefficient (Wildman–Crippen LogP) is 5.06. The Kier molecular flexibility index (Phi) is 6.74. The van der Waals surface area contributed by atoms with Gasteiger partial charge in [0, 0.05) is 30.2 Å². The van der Waals surface area contributed by atoms with Crippen molar-refractivity contribution in [2.24, 2.45) is 11.7 Å². The molecule has 1 aliphatic carbocycles. The topological polar surface area (TPSA) is 109 Å². The van der Waals surface area contributed by atoms with Crippen LogP contribution in [0.1, 0.15) is 44.3 Å². The van der Waals surface area contributed by atoms with Crippen LogP contribution in [0, 0.1) is 25.6 Å². The Labute approximate surface area is 217 Å². The highest BCUT2D eigenvalue weighted by molar-refractivity contribution is 7.15. The summed E-state index contributed by atoms with van der Waals surface area (Å²) in [5, 5.41) is 10.5. The summed E-state index contributed by atoms with van der Waals surface area (Å²) in [6.45, 7) is 4.10. The van der Waals surface area contributed by atoms with E-state index < -0.39 is 5.97 Å². The van der Waals surface area contributed by atoms with Crippen LogP contribution in [0.25, 0.3) is 21.3 Å². The number of para-hydroxylation sites is 1. The average Bonchev–Trinajstić information content (AvgIpc) is 3.39. The van der Waals surface area contributed by atoms with Crippen LogP contribution in [-0.2, 0) is 0 Å². The Balaban J connectivity index is 0.000000182. The Hall–Kier alpha value is -3.69. The number of thiazole rings is 1. The number of carbonyl (C=O) groups excluding carboxylic acids is 1. The average molecular weight is 519 g/mol. The monoisotopic (exact) mass is 518 g/mol. The van der Waals surface area contributed by atoms with Crippen LogP contribution in [0.4, 0.5) is 4.39 Å². The Morgan fingerprint density at radius 3 is 2.65 bits per heavy atom. The second-order valence-electron chi connectivity index (χ2n) is 9.41. The minimum absolute atomic E-state index is 0.0570. The summed E-state index contributed by atoms with van der Waals surface area (Å²) in [4.78, 5) is 35.1. The smallest absolute Gasteiger partial charge is 0.337 e. The van der Waals surface area contributed by atoms with Crippen molar-refractivity contribution in [1.29, 1.82) is 0 Å². The fraction of sp³-hybridized carbons (Fsp3) is 0.286. The number of aryl methyl sites for hydroxylation is 1. The van der Waals surface area contributed by atoms with E-state index in [1.165, 1.54) is 17.4 Å². The number of aromatic carboxylic acids is 1. The van der Waals surface area contributed by atoms with Gasteiger partial charge in [-0.15, -0.1) is 11.3 Å². The number of hydrogen-bond donors (Lipinski definition) is 2. The van der Waals surface area contributed by atoms with Gasteiger partial charge in [-0.05, 0) is 61.9 Å². The molecule has 3 N–H and O–H groups in total. The van der Waals surface area contributed by atoms with Crippen molar-refractivity contribution in [3.05, 3.63) is 82.4 Å². The van der Waals surface area contributed by atoms with Crippen molar-refractivity contribution in [2.75, 3.05) is 6.54 Å². The van der Waals surface area contributed by atoms with Crippen LogP contribution in [0.2, 0.25) is 0 Å². The number of rotatable bonds is 4. The van der Waals surface area contributed by atoms with E-state index in [0.29, 0.717) is 35.3 Å². The second kappa shape index (κ2) is 9.99. The zero-order valence-corrected chi connectivity index (χ0v) is 21.3. The van der Waals surface area contributed by atoms with Crippen molar-refractivity contribution >= 4 is 34.1 Å². The van der Waals surface area contributed by atoms with Gasteiger partial charge in [0.15, 0.2) is 0 Å². The van der Waals surface area contributed by atoms with Gasteiger partial charge in [0.05, 0.1) is 21.0 Å². The molecule has 9 heteroatoms. The van der Waals surface area contributed by atoms with Crippen molar-refractivity contribution in [1.82, 2.24) is 14.9 Å². The maximum atomic E-state index is 14.0. The zero-order valence-electron chi connectivity index (χ0n) is 20.5. The highest BCUT2D eigenvalue weighted by atomic mass is 32.1. The van der Waals surface area contributed by atoms with Crippen molar-refractivity contribution in [3.63, 3.8) is 0 Å². The molecule has 6 rings (SSSR count). The molecule has 0 radical (unpaired) electrons. The first-order valence-electron chi connectivity index (χ1n) is 12.1. The SMILES string of the molecule is Cc1nc(C(=O)N2[C@H](CN)C[C@@H]3C[C@@H]32)c(-c2cccc(F)c2C)s1.O=C(O)c1cccc2cccnc12. The first-order valence-corrected chi connectivity index (χ1v) is 12.9. The van der Waals surface area contributed by atoms with Crippen LogP contribution in [-0.4, -0.2) is 50.5 Å². The third-order valence-electron chi connectivity index (χ3n) is 7.03. The third kappa shape index (κ3) is 4.72. The first kappa shape index (κ1) is 25.0. The van der Waals surface area contributed by atoms with Crippen LogP contribution >= 0.6 is 11.3 Å². The number of piperidine rings is 1. The van der Waals surface area contributed by atoms with Crippen molar-refractivity contribution < 1.29 is 19.1 Å². The molecule has 1 amide bonds. The van der Waals surface area contributed by atoms with Gasteiger partial charge in [0.25, 0.3) is 5.91 Å². The number of nitrogens with zero attached hydrogens (tertiary/aromatic N) is 3. The molecular formula is C28H27FN4O3S. The maximum absolute atomic E-state index is 14.0. The van der Waals surface area contributed by atoms with E-state index in [9.17, 15) is 14.0 Å². The Morgan fingerprint density at radius 1 is 1.14 bits per heavy atom. The standard InChI is InChI=1S/C18H20FN3OS.C10H7NO2/c1-9-13(4-3-5-14(9)19)17-16(21-10(2)24-17)18(23)22-12(8-20)6-11-7-15(11)22;12-10(13)8-5-1-3-7-4-2-6-11-9(7)8/h3-5,11-12,15H,6-8,20H2,1-2H3;1-6H,(H,12,13)/t11-,12+,15+;/m1./s1. The van der Waals surface area contributed by atoms with Gasteiger partial charge in [-0.25, -0.2) is 14.2 Å². The van der Waals surface area contributed by atoms with E-state index in [4.69, 9.17) is 10.8 Å². The maximum Gasteiger partial charge on any atom is 0.337 e. The molecule has 1 aliphatic heterocycles. The summed E-state index contributed by atoms with van der Waals surface area (Å²) in [6, 6.07) is 14.1. The van der Waals surface area contributed by atoms with Crippen LogP contribution in [0.15, 0.2) is 54.7 Å². The number of hydrogen-bond acceptors (Lipinski definition) is 6. The predicted molar refractivity (Wildman–Crippen MR) is 141 cm³/mol. The molecule has 3 atom stereocenters. The number of likely N-dealkylation sites (tertiary alicyclic amines) is 1. The van der Waals surface area contributed by atoms with Gasteiger partial charge < -0.3 is 15.7 Å². The molecule has 1 saturated heterocycles. The molecular weight excluding hydrogens is 491 g/mol. The molecule has 4 aromatic rings. The van der Waals surface area contributed by atoms with E-state index >= 15 is 0 Å². The first-order chi connectivity index (χ1) is 17.8. The summed E-state index contributed by atoms with van der Waals surface area (Å²) in [7, 11) is 0. The Bertz CT molecular complexity index is 1500. The molecule has 37 heavy (non-hydrogen) atoms. The molecule has 0 unspecified atom stereocenters. The fourth-order valence-corrected chi connectivity index (χ4v) is 6.09. The molecule has 2 aromatic carbocycles. The molecule has 1 saturated carbocycles. The van der Waals surface area contributed by atoms with Crippen LogP contribution in [0.3, 0.4) is 0 Å². The van der Waals surface area contributed by atoms with Crippen molar-refractivity contribution in [3.8, 4) is 10.4 Å². The lowest BCUT2D eigenvalue weighted by molar-refractivity contribution is 0.0690. The Morgan fingerprint density at radius 2 is 1.89 bits per heavy atom. The number of carboxylic acid groups (broad SMARTS) is 1. The van der Waals surface area contributed by atoms with E-state index in [1.54, 1.807) is 37.4 Å². The van der Waals surface area contributed by atoms with E-state index in [1.807, 2.05) is 30.0 Å². The van der Waals surface area contributed by atoms with Gasteiger partial charge >= 0.3 is 5.97 Å². The molecule has 190 valence electrons. The van der Waals surface area contributed by atoms with Crippen molar-refractivity contribution in [2.45, 2.75) is 38.8 Å². The number of halogens is 1. The van der Waals surface area contributed by atoms with Gasteiger partial charge in [0.1, 0.15) is 11.5 Å². The lowest BCUT2D eigenvalue weighted by Crippen LogP contribution is -2.42.